The largest absolute Gasteiger partial charge is 0.465 e. The van der Waals surface area contributed by atoms with Crippen LogP contribution in [-0.4, -0.2) is 30.8 Å². The molecule has 1 aromatic carbocycles. The monoisotopic (exact) mass is 251 g/mol. The second-order valence-corrected chi connectivity index (χ2v) is 3.69. The third-order valence-corrected chi connectivity index (χ3v) is 2.53. The quantitative estimate of drug-likeness (QED) is 0.592. The molecule has 0 aromatic heterocycles. The average molecular weight is 251 g/mol. The van der Waals surface area contributed by atoms with Crippen molar-refractivity contribution in [1.82, 2.24) is 0 Å². The molecule has 94 valence electrons. The molecule has 0 aliphatic carbocycles. The molecule has 1 amide bonds. The number of anilines is 1. The highest BCUT2D eigenvalue weighted by Gasteiger charge is 2.37. The molecule has 0 atom stereocenters. The molecule has 6 heteroatoms. The Balaban J connectivity index is 2.33. The average Bonchev–Trinajstić information content (AvgIpc) is 2.55. The fourth-order valence-corrected chi connectivity index (χ4v) is 1.76. The van der Waals surface area contributed by atoms with E-state index in [1.807, 2.05) is 0 Å². The molecule has 0 saturated carbocycles. The summed E-state index contributed by atoms with van der Waals surface area (Å²) < 4.78 is 17.8. The highest BCUT2D eigenvalue weighted by atomic mass is 19.1. The Morgan fingerprint density at radius 1 is 1.39 bits per heavy atom. The first-order valence-corrected chi connectivity index (χ1v) is 5.36. The number of carbonyl (C=O) groups is 3. The minimum Gasteiger partial charge on any atom is -0.465 e. The first kappa shape index (κ1) is 12.2. The number of esters is 1. The number of amides is 1. The van der Waals surface area contributed by atoms with Crippen LogP contribution in [0, 0.1) is 5.82 Å². The molecule has 0 unspecified atom stereocenters. The molecule has 1 aliphatic heterocycles. The van der Waals surface area contributed by atoms with E-state index in [0.29, 0.717) is 0 Å². The molecular formula is C12H10FNO4. The Labute approximate surface area is 102 Å². The van der Waals surface area contributed by atoms with E-state index >= 15 is 0 Å². The van der Waals surface area contributed by atoms with Gasteiger partial charge in [-0.05, 0) is 25.1 Å². The lowest BCUT2D eigenvalue weighted by Crippen LogP contribution is -2.35. The van der Waals surface area contributed by atoms with Crippen LogP contribution in [0.2, 0.25) is 0 Å². The van der Waals surface area contributed by atoms with Gasteiger partial charge < -0.3 is 4.74 Å². The summed E-state index contributed by atoms with van der Waals surface area (Å²) in [6.07, 6.45) is 0. The van der Waals surface area contributed by atoms with Crippen LogP contribution >= 0.6 is 0 Å². The van der Waals surface area contributed by atoms with Gasteiger partial charge in [-0.25, -0.2) is 4.39 Å². The van der Waals surface area contributed by atoms with E-state index in [1.165, 1.54) is 6.07 Å². The number of hydrogen-bond acceptors (Lipinski definition) is 4. The Morgan fingerprint density at radius 2 is 2.11 bits per heavy atom. The zero-order chi connectivity index (χ0) is 13.3. The van der Waals surface area contributed by atoms with Crippen LogP contribution in [0.5, 0.6) is 0 Å². The van der Waals surface area contributed by atoms with Crippen LogP contribution in [0.15, 0.2) is 18.2 Å². The number of nitrogens with zero attached hydrogens (tertiary/aromatic N) is 1. The van der Waals surface area contributed by atoms with Crippen LogP contribution in [-0.2, 0) is 14.3 Å². The summed E-state index contributed by atoms with van der Waals surface area (Å²) in [7, 11) is 0. The first-order chi connectivity index (χ1) is 8.54. The molecule has 0 radical (unpaired) electrons. The van der Waals surface area contributed by atoms with Crippen LogP contribution in [0.3, 0.4) is 0 Å². The number of Topliss-reactive ketones (excluding diaryl/α,β-unsaturated/α-hetero) is 1. The number of halogens is 1. The van der Waals surface area contributed by atoms with Crippen LogP contribution in [0.25, 0.3) is 0 Å². The smallest absolute Gasteiger partial charge is 0.326 e. The van der Waals surface area contributed by atoms with Gasteiger partial charge in [0.1, 0.15) is 12.4 Å². The fourth-order valence-electron chi connectivity index (χ4n) is 1.76. The predicted octanol–water partition coefficient (Wildman–Crippen LogP) is 0.918. The molecular weight excluding hydrogens is 241 g/mol. The molecule has 0 N–H and O–H groups in total. The van der Waals surface area contributed by atoms with Gasteiger partial charge in [0.2, 0.25) is 0 Å². The van der Waals surface area contributed by atoms with Gasteiger partial charge in [-0.3, -0.25) is 19.3 Å². The van der Waals surface area contributed by atoms with E-state index in [4.69, 9.17) is 4.74 Å². The zero-order valence-electron chi connectivity index (χ0n) is 9.60. The molecule has 2 rings (SSSR count). The Kier molecular flexibility index (Phi) is 3.10. The molecule has 18 heavy (non-hydrogen) atoms. The van der Waals surface area contributed by atoms with Gasteiger partial charge in [-0.2, -0.15) is 0 Å². The zero-order valence-corrected chi connectivity index (χ0v) is 9.60. The van der Waals surface area contributed by atoms with Crippen molar-refractivity contribution in [3.8, 4) is 0 Å². The predicted molar refractivity (Wildman–Crippen MR) is 59.7 cm³/mol. The second-order valence-electron chi connectivity index (χ2n) is 3.69. The van der Waals surface area contributed by atoms with E-state index in [-0.39, 0.29) is 17.9 Å². The van der Waals surface area contributed by atoms with Gasteiger partial charge in [-0.15, -0.1) is 0 Å². The van der Waals surface area contributed by atoms with Crippen molar-refractivity contribution < 1.29 is 23.5 Å². The van der Waals surface area contributed by atoms with Gasteiger partial charge >= 0.3 is 5.97 Å². The molecule has 1 aromatic rings. The van der Waals surface area contributed by atoms with Crippen LogP contribution in [0.1, 0.15) is 17.3 Å². The van der Waals surface area contributed by atoms with Gasteiger partial charge in [0.25, 0.3) is 11.7 Å². The number of fused-ring (bicyclic) bond motifs is 1. The third-order valence-electron chi connectivity index (χ3n) is 2.53. The number of carbonyl (C=O) groups excluding carboxylic acids is 3. The lowest BCUT2D eigenvalue weighted by molar-refractivity contribution is -0.142. The van der Waals surface area contributed by atoms with Gasteiger partial charge in [0, 0.05) is 0 Å². The fraction of sp³-hybridized carbons (Fsp3) is 0.250. The second kappa shape index (κ2) is 4.56. The molecule has 0 fully saturated rings. The SMILES string of the molecule is CCOC(=O)CN1C(=O)C(=O)c2ccc(F)cc21. The topological polar surface area (TPSA) is 63.7 Å². The van der Waals surface area contributed by atoms with E-state index < -0.39 is 30.0 Å². The van der Waals surface area contributed by atoms with Gasteiger partial charge in [-0.1, -0.05) is 0 Å². The maximum Gasteiger partial charge on any atom is 0.326 e. The lowest BCUT2D eigenvalue weighted by atomic mass is 10.1. The third kappa shape index (κ3) is 1.97. The molecule has 0 spiro atoms. The molecule has 0 saturated heterocycles. The number of ketones is 1. The summed E-state index contributed by atoms with van der Waals surface area (Å²) in [5.74, 6) is -2.81. The van der Waals surface area contributed by atoms with Gasteiger partial charge in [0.05, 0.1) is 17.9 Å². The van der Waals surface area contributed by atoms with E-state index in [2.05, 4.69) is 0 Å². The summed E-state index contributed by atoms with van der Waals surface area (Å²) in [5, 5.41) is 0. The van der Waals surface area contributed by atoms with E-state index in [1.54, 1.807) is 6.92 Å². The van der Waals surface area contributed by atoms with Crippen molar-refractivity contribution in [3.05, 3.63) is 29.6 Å². The Morgan fingerprint density at radius 3 is 2.78 bits per heavy atom. The normalized spacial score (nSPS) is 13.8. The maximum absolute atomic E-state index is 13.1. The highest BCUT2D eigenvalue weighted by Crippen LogP contribution is 2.29. The molecule has 1 aliphatic rings. The van der Waals surface area contributed by atoms with Gasteiger partial charge in [0.15, 0.2) is 0 Å². The van der Waals surface area contributed by atoms with Crippen molar-refractivity contribution in [2.75, 3.05) is 18.1 Å². The van der Waals surface area contributed by atoms with E-state index in [9.17, 15) is 18.8 Å². The van der Waals surface area contributed by atoms with Crippen LogP contribution < -0.4 is 4.90 Å². The first-order valence-electron chi connectivity index (χ1n) is 5.36. The Hall–Kier alpha value is -2.24. The van der Waals surface area contributed by atoms with E-state index in [0.717, 1.165) is 17.0 Å². The van der Waals surface area contributed by atoms with Crippen molar-refractivity contribution in [3.63, 3.8) is 0 Å². The highest BCUT2D eigenvalue weighted by molar-refractivity contribution is 6.52. The number of ether oxygens (including phenoxy) is 1. The summed E-state index contributed by atoms with van der Waals surface area (Å²) in [5.41, 5.74) is 0.212. The Bertz CT molecular complexity index is 541. The standard InChI is InChI=1S/C12H10FNO4/c1-2-18-10(15)6-14-9-5-7(13)3-4-8(9)11(16)12(14)17/h3-5H,2,6H2,1H3. The molecule has 0 bridgehead atoms. The number of rotatable bonds is 3. The van der Waals surface area contributed by atoms with Crippen molar-refractivity contribution in [2.24, 2.45) is 0 Å². The summed E-state index contributed by atoms with van der Waals surface area (Å²) >= 11 is 0. The number of hydrogen-bond donors (Lipinski definition) is 0. The summed E-state index contributed by atoms with van der Waals surface area (Å²) in [6.45, 7) is 1.40. The van der Waals surface area contributed by atoms with Crippen molar-refractivity contribution in [2.45, 2.75) is 6.92 Å². The molecule has 5 nitrogen and oxygen atoms in total. The minimum atomic E-state index is -0.844. The summed E-state index contributed by atoms with van der Waals surface area (Å²) in [4.78, 5) is 35.5. The van der Waals surface area contributed by atoms with Crippen molar-refractivity contribution in [1.29, 1.82) is 0 Å². The van der Waals surface area contributed by atoms with Crippen molar-refractivity contribution >= 4 is 23.3 Å². The lowest BCUT2D eigenvalue weighted by Gasteiger charge is -2.15. The maximum atomic E-state index is 13.1. The van der Waals surface area contributed by atoms with Crippen LogP contribution in [0.4, 0.5) is 10.1 Å². The minimum absolute atomic E-state index is 0.102. The number of benzene rings is 1. The molecule has 1 heterocycles. The summed E-state index contributed by atoms with van der Waals surface area (Å²) in [6, 6.07) is 3.38.